The van der Waals surface area contributed by atoms with Crippen LogP contribution in [0, 0.1) is 0 Å². The number of nitrogens with two attached hydrogens (primary N) is 1. The molecule has 1 fully saturated rings. The molecule has 15 heavy (non-hydrogen) atoms. The van der Waals surface area contributed by atoms with Crippen LogP contribution in [0.2, 0.25) is 0 Å². The van der Waals surface area contributed by atoms with Crippen LogP contribution in [0.3, 0.4) is 0 Å². The van der Waals surface area contributed by atoms with Gasteiger partial charge in [0, 0.05) is 13.6 Å². The molecule has 3 N–H and O–H groups in total. The smallest absolute Gasteiger partial charge is 0.318 e. The second-order valence-electron chi connectivity index (χ2n) is 3.94. The highest BCUT2D eigenvalue weighted by Gasteiger charge is 2.41. The number of hydrogen-bond donors (Lipinski definition) is 2. The van der Waals surface area contributed by atoms with Crippen molar-refractivity contribution in [2.75, 3.05) is 20.1 Å². The Balaban J connectivity index is 2.36. The van der Waals surface area contributed by atoms with Crippen molar-refractivity contribution in [1.29, 1.82) is 0 Å². The number of hydrogen-bond acceptors (Lipinski definition) is 2. The summed E-state index contributed by atoms with van der Waals surface area (Å²) in [6.07, 6.45) is 0. The van der Waals surface area contributed by atoms with Gasteiger partial charge in [-0.05, 0) is 5.56 Å². The van der Waals surface area contributed by atoms with E-state index in [1.165, 1.54) is 0 Å². The summed E-state index contributed by atoms with van der Waals surface area (Å²) < 4.78 is 0. The van der Waals surface area contributed by atoms with Crippen LogP contribution in [0.1, 0.15) is 5.56 Å². The Bertz CT molecular complexity index is 365. The van der Waals surface area contributed by atoms with Crippen molar-refractivity contribution in [2.45, 2.75) is 5.54 Å². The van der Waals surface area contributed by atoms with Crippen molar-refractivity contribution < 1.29 is 4.79 Å². The SMILES string of the molecule is CN1CC(CN)(c2ccccc2)NC1=O. The van der Waals surface area contributed by atoms with Crippen molar-refractivity contribution in [2.24, 2.45) is 5.73 Å². The van der Waals surface area contributed by atoms with Gasteiger partial charge in [0.1, 0.15) is 0 Å². The van der Waals surface area contributed by atoms with E-state index < -0.39 is 5.54 Å². The number of carbonyl (C=O) groups is 1. The van der Waals surface area contributed by atoms with Crippen LogP contribution in [-0.4, -0.2) is 31.1 Å². The summed E-state index contributed by atoms with van der Waals surface area (Å²) in [6, 6.07) is 9.78. The molecule has 4 heteroatoms. The molecule has 1 atom stereocenters. The zero-order valence-electron chi connectivity index (χ0n) is 8.73. The highest BCUT2D eigenvalue weighted by atomic mass is 16.2. The third-order valence-electron chi connectivity index (χ3n) is 2.87. The van der Waals surface area contributed by atoms with Crippen LogP contribution in [0.15, 0.2) is 30.3 Å². The van der Waals surface area contributed by atoms with Gasteiger partial charge < -0.3 is 16.0 Å². The van der Waals surface area contributed by atoms with Gasteiger partial charge in [0.05, 0.1) is 12.1 Å². The summed E-state index contributed by atoms with van der Waals surface area (Å²) in [4.78, 5) is 13.1. The third-order valence-corrected chi connectivity index (χ3v) is 2.87. The standard InChI is InChI=1S/C11H15N3O/c1-14-8-11(7-12,13-10(14)15)9-5-3-2-4-6-9/h2-6H,7-8,12H2,1H3,(H,13,15). The number of benzene rings is 1. The van der Waals surface area contributed by atoms with E-state index in [4.69, 9.17) is 5.73 Å². The highest BCUT2D eigenvalue weighted by molar-refractivity contribution is 5.78. The lowest BCUT2D eigenvalue weighted by Crippen LogP contribution is -2.46. The molecule has 0 aromatic heterocycles. The number of nitrogens with one attached hydrogen (secondary N) is 1. The zero-order chi connectivity index (χ0) is 10.9. The number of nitrogens with zero attached hydrogens (tertiary/aromatic N) is 1. The van der Waals surface area contributed by atoms with E-state index >= 15 is 0 Å². The van der Waals surface area contributed by atoms with Gasteiger partial charge >= 0.3 is 6.03 Å². The van der Waals surface area contributed by atoms with Crippen molar-refractivity contribution in [3.8, 4) is 0 Å². The minimum atomic E-state index is -0.424. The molecule has 0 bridgehead atoms. The molecule has 1 aliphatic heterocycles. The molecular formula is C11H15N3O. The molecule has 0 spiro atoms. The van der Waals surface area contributed by atoms with Gasteiger partial charge in [-0.1, -0.05) is 30.3 Å². The maximum absolute atomic E-state index is 11.5. The van der Waals surface area contributed by atoms with Crippen LogP contribution >= 0.6 is 0 Å². The second kappa shape index (κ2) is 3.55. The van der Waals surface area contributed by atoms with E-state index in [0.29, 0.717) is 13.1 Å². The van der Waals surface area contributed by atoms with E-state index in [1.54, 1.807) is 11.9 Å². The van der Waals surface area contributed by atoms with Crippen molar-refractivity contribution >= 4 is 6.03 Å². The lowest BCUT2D eigenvalue weighted by atomic mass is 9.91. The van der Waals surface area contributed by atoms with Crippen LogP contribution < -0.4 is 11.1 Å². The first-order chi connectivity index (χ1) is 7.18. The first-order valence-corrected chi connectivity index (χ1v) is 4.97. The third kappa shape index (κ3) is 1.57. The first kappa shape index (κ1) is 9.98. The Morgan fingerprint density at radius 1 is 1.47 bits per heavy atom. The number of likely N-dealkylation sites (N-methyl/N-ethyl adjacent to an activating group) is 1. The van der Waals surface area contributed by atoms with Crippen LogP contribution in [0.25, 0.3) is 0 Å². The molecule has 80 valence electrons. The molecule has 1 heterocycles. The average Bonchev–Trinajstić information content (AvgIpc) is 2.57. The molecule has 0 saturated carbocycles. The Morgan fingerprint density at radius 2 is 2.13 bits per heavy atom. The van der Waals surface area contributed by atoms with Gasteiger partial charge in [-0.15, -0.1) is 0 Å². The summed E-state index contributed by atoms with van der Waals surface area (Å²) in [7, 11) is 1.77. The van der Waals surface area contributed by atoms with E-state index in [2.05, 4.69) is 5.32 Å². The van der Waals surface area contributed by atoms with E-state index in [1.807, 2.05) is 30.3 Å². The van der Waals surface area contributed by atoms with Crippen molar-refractivity contribution in [3.63, 3.8) is 0 Å². The molecule has 1 saturated heterocycles. The minimum absolute atomic E-state index is 0.0655. The molecule has 1 aromatic carbocycles. The Kier molecular flexibility index (Phi) is 2.36. The minimum Gasteiger partial charge on any atom is -0.328 e. The predicted octanol–water partition coefficient (Wildman–Crippen LogP) is 0.496. The summed E-state index contributed by atoms with van der Waals surface area (Å²) in [5, 5.41) is 2.95. The molecule has 2 rings (SSSR count). The van der Waals surface area contributed by atoms with Gasteiger partial charge in [0.2, 0.25) is 0 Å². The van der Waals surface area contributed by atoms with E-state index in [9.17, 15) is 4.79 Å². The first-order valence-electron chi connectivity index (χ1n) is 4.97. The maximum atomic E-state index is 11.5. The molecule has 1 aliphatic rings. The number of amides is 2. The maximum Gasteiger partial charge on any atom is 0.318 e. The lowest BCUT2D eigenvalue weighted by Gasteiger charge is -2.27. The molecule has 0 aliphatic carbocycles. The van der Waals surface area contributed by atoms with Crippen LogP contribution in [0.5, 0.6) is 0 Å². The normalized spacial score (nSPS) is 25.5. The molecule has 0 radical (unpaired) electrons. The fourth-order valence-corrected chi connectivity index (χ4v) is 1.97. The van der Waals surface area contributed by atoms with Gasteiger partial charge in [-0.25, -0.2) is 4.79 Å². The predicted molar refractivity (Wildman–Crippen MR) is 58.3 cm³/mol. The van der Waals surface area contributed by atoms with Gasteiger partial charge in [0.25, 0.3) is 0 Å². The largest absolute Gasteiger partial charge is 0.328 e. The fourth-order valence-electron chi connectivity index (χ4n) is 1.97. The molecule has 1 aromatic rings. The van der Waals surface area contributed by atoms with Gasteiger partial charge in [0.15, 0.2) is 0 Å². The Labute approximate surface area is 89.1 Å². The topological polar surface area (TPSA) is 58.4 Å². The number of urea groups is 1. The molecular weight excluding hydrogens is 190 g/mol. The van der Waals surface area contributed by atoms with Crippen LogP contribution in [0.4, 0.5) is 4.79 Å². The highest BCUT2D eigenvalue weighted by Crippen LogP contribution is 2.25. The Morgan fingerprint density at radius 3 is 2.60 bits per heavy atom. The monoisotopic (exact) mass is 205 g/mol. The summed E-state index contributed by atoms with van der Waals surface area (Å²) in [6.45, 7) is 1.03. The summed E-state index contributed by atoms with van der Waals surface area (Å²) >= 11 is 0. The van der Waals surface area contributed by atoms with E-state index in [0.717, 1.165) is 5.56 Å². The zero-order valence-corrected chi connectivity index (χ0v) is 8.73. The van der Waals surface area contributed by atoms with Crippen LogP contribution in [-0.2, 0) is 5.54 Å². The summed E-state index contributed by atoms with van der Waals surface area (Å²) in [5.41, 5.74) is 6.42. The lowest BCUT2D eigenvalue weighted by molar-refractivity contribution is 0.226. The quantitative estimate of drug-likeness (QED) is 0.738. The Hall–Kier alpha value is -1.55. The molecule has 4 nitrogen and oxygen atoms in total. The average molecular weight is 205 g/mol. The molecule has 1 unspecified atom stereocenters. The number of carbonyl (C=O) groups excluding carboxylic acids is 1. The second-order valence-corrected chi connectivity index (χ2v) is 3.94. The van der Waals surface area contributed by atoms with E-state index in [-0.39, 0.29) is 6.03 Å². The fraction of sp³-hybridized carbons (Fsp3) is 0.364. The van der Waals surface area contributed by atoms with Crippen molar-refractivity contribution in [1.82, 2.24) is 10.2 Å². The molecule has 2 amide bonds. The van der Waals surface area contributed by atoms with Crippen molar-refractivity contribution in [3.05, 3.63) is 35.9 Å². The summed E-state index contributed by atoms with van der Waals surface area (Å²) in [5.74, 6) is 0. The number of rotatable bonds is 2. The van der Waals surface area contributed by atoms with Gasteiger partial charge in [-0.3, -0.25) is 0 Å². The van der Waals surface area contributed by atoms with Gasteiger partial charge in [-0.2, -0.15) is 0 Å².